The van der Waals surface area contributed by atoms with Gasteiger partial charge in [-0.05, 0) is 26.0 Å². The predicted octanol–water partition coefficient (Wildman–Crippen LogP) is 2.10. The van der Waals surface area contributed by atoms with Gasteiger partial charge in [-0.1, -0.05) is 6.07 Å². The molecule has 0 aromatic carbocycles. The van der Waals surface area contributed by atoms with Crippen molar-refractivity contribution in [2.24, 2.45) is 0 Å². The quantitative estimate of drug-likeness (QED) is 0.757. The zero-order valence-electron chi connectivity index (χ0n) is 11.5. The molecule has 0 fully saturated rings. The Bertz CT molecular complexity index is 720. The first kappa shape index (κ1) is 12.5. The Hall–Kier alpha value is -2.50. The monoisotopic (exact) mass is 268 g/mol. The van der Waals surface area contributed by atoms with Gasteiger partial charge in [-0.2, -0.15) is 0 Å². The van der Waals surface area contributed by atoms with Crippen molar-refractivity contribution < 1.29 is 0 Å². The van der Waals surface area contributed by atoms with Crippen LogP contribution in [0.25, 0.3) is 11.2 Å². The van der Waals surface area contributed by atoms with E-state index < -0.39 is 0 Å². The van der Waals surface area contributed by atoms with E-state index >= 15 is 0 Å². The zero-order valence-corrected chi connectivity index (χ0v) is 11.5. The number of rotatable bonds is 4. The summed E-state index contributed by atoms with van der Waals surface area (Å²) in [5, 5.41) is 3.38. The van der Waals surface area contributed by atoms with Crippen molar-refractivity contribution in [3.63, 3.8) is 0 Å². The number of aromatic nitrogens is 5. The number of aromatic amines is 1. The van der Waals surface area contributed by atoms with E-state index in [-0.39, 0.29) is 6.04 Å². The van der Waals surface area contributed by atoms with Crippen LogP contribution in [0.1, 0.15) is 18.3 Å². The number of anilines is 1. The number of imidazole rings is 1. The molecule has 3 aromatic rings. The van der Waals surface area contributed by atoms with Gasteiger partial charge in [-0.15, -0.1) is 0 Å². The van der Waals surface area contributed by atoms with E-state index in [1.165, 1.54) is 6.33 Å². The van der Waals surface area contributed by atoms with Gasteiger partial charge in [0.1, 0.15) is 11.8 Å². The van der Waals surface area contributed by atoms with Gasteiger partial charge in [0, 0.05) is 23.9 Å². The molecule has 0 amide bonds. The maximum Gasteiger partial charge on any atom is 0.182 e. The van der Waals surface area contributed by atoms with Gasteiger partial charge in [0.15, 0.2) is 11.5 Å². The molecule has 20 heavy (non-hydrogen) atoms. The standard InChI is InChI=1S/C14H16N6/c1-9-4-3-5-11(19-9)6-10(2)20-14-12-13(16-7-15-12)17-8-18-14/h3-5,7-8,10H,6H2,1-2H3,(H2,15,16,17,18,20)/t10-/m0/s1. The lowest BCUT2D eigenvalue weighted by Crippen LogP contribution is -2.20. The average molecular weight is 268 g/mol. The number of hydrogen-bond acceptors (Lipinski definition) is 5. The summed E-state index contributed by atoms with van der Waals surface area (Å²) in [6.45, 7) is 4.11. The fraction of sp³-hybridized carbons (Fsp3) is 0.286. The number of nitrogens with one attached hydrogen (secondary N) is 2. The predicted molar refractivity (Wildman–Crippen MR) is 77.4 cm³/mol. The van der Waals surface area contributed by atoms with Gasteiger partial charge in [0.25, 0.3) is 0 Å². The maximum atomic E-state index is 4.51. The van der Waals surface area contributed by atoms with E-state index in [2.05, 4.69) is 37.2 Å². The lowest BCUT2D eigenvalue weighted by atomic mass is 10.1. The van der Waals surface area contributed by atoms with Crippen LogP contribution in [0.3, 0.4) is 0 Å². The minimum atomic E-state index is 0.214. The molecular weight excluding hydrogens is 252 g/mol. The van der Waals surface area contributed by atoms with Crippen LogP contribution < -0.4 is 5.32 Å². The molecule has 6 heteroatoms. The topological polar surface area (TPSA) is 79.4 Å². The third-order valence-corrected chi connectivity index (χ3v) is 3.07. The van der Waals surface area contributed by atoms with Crippen molar-refractivity contribution >= 4 is 17.0 Å². The summed E-state index contributed by atoms with van der Waals surface area (Å²) < 4.78 is 0. The second-order valence-corrected chi connectivity index (χ2v) is 4.84. The molecule has 0 bridgehead atoms. The first-order valence-corrected chi connectivity index (χ1v) is 6.55. The molecule has 0 spiro atoms. The fourth-order valence-electron chi connectivity index (χ4n) is 2.19. The van der Waals surface area contributed by atoms with E-state index in [0.717, 1.165) is 29.1 Å². The Morgan fingerprint density at radius 2 is 2.15 bits per heavy atom. The molecule has 0 radical (unpaired) electrons. The molecule has 0 aliphatic rings. The molecule has 0 aliphatic carbocycles. The Morgan fingerprint density at radius 1 is 1.25 bits per heavy atom. The average Bonchev–Trinajstić information content (AvgIpc) is 2.88. The lowest BCUT2D eigenvalue weighted by Gasteiger charge is -2.14. The zero-order chi connectivity index (χ0) is 13.9. The molecule has 0 saturated carbocycles. The van der Waals surface area contributed by atoms with Gasteiger partial charge in [0.2, 0.25) is 0 Å². The molecule has 6 nitrogen and oxygen atoms in total. The second kappa shape index (κ2) is 5.24. The highest BCUT2D eigenvalue weighted by Crippen LogP contribution is 2.16. The molecule has 3 heterocycles. The van der Waals surface area contributed by atoms with Crippen LogP contribution in [-0.4, -0.2) is 31.0 Å². The SMILES string of the molecule is Cc1cccc(C[C@H](C)Nc2ncnc3nc[nH]c23)n1. The van der Waals surface area contributed by atoms with Gasteiger partial charge >= 0.3 is 0 Å². The molecule has 2 N–H and O–H groups in total. The molecule has 0 aliphatic heterocycles. The second-order valence-electron chi connectivity index (χ2n) is 4.84. The van der Waals surface area contributed by atoms with E-state index in [4.69, 9.17) is 0 Å². The summed E-state index contributed by atoms with van der Waals surface area (Å²) >= 11 is 0. The van der Waals surface area contributed by atoms with Crippen LogP contribution in [0.15, 0.2) is 30.9 Å². The van der Waals surface area contributed by atoms with E-state index in [0.29, 0.717) is 5.65 Å². The van der Waals surface area contributed by atoms with Crippen molar-refractivity contribution in [2.45, 2.75) is 26.3 Å². The lowest BCUT2D eigenvalue weighted by molar-refractivity contribution is 0.763. The first-order valence-electron chi connectivity index (χ1n) is 6.55. The minimum absolute atomic E-state index is 0.214. The van der Waals surface area contributed by atoms with Crippen molar-refractivity contribution in [1.82, 2.24) is 24.9 Å². The Kier molecular flexibility index (Phi) is 3.28. The third-order valence-electron chi connectivity index (χ3n) is 3.07. The molecule has 1 atom stereocenters. The summed E-state index contributed by atoms with van der Waals surface area (Å²) in [5.74, 6) is 0.771. The van der Waals surface area contributed by atoms with E-state index in [1.54, 1.807) is 6.33 Å². The number of nitrogens with zero attached hydrogens (tertiary/aromatic N) is 4. The fourth-order valence-corrected chi connectivity index (χ4v) is 2.19. The molecule has 3 rings (SSSR count). The molecular formula is C14H16N6. The van der Waals surface area contributed by atoms with Crippen LogP contribution in [0.5, 0.6) is 0 Å². The highest BCUT2D eigenvalue weighted by molar-refractivity contribution is 5.82. The van der Waals surface area contributed by atoms with Crippen molar-refractivity contribution in [3.8, 4) is 0 Å². The number of fused-ring (bicyclic) bond motifs is 1. The van der Waals surface area contributed by atoms with Crippen LogP contribution in [0, 0.1) is 6.92 Å². The van der Waals surface area contributed by atoms with Gasteiger partial charge in [-0.25, -0.2) is 15.0 Å². The summed E-state index contributed by atoms with van der Waals surface area (Å²) in [5.41, 5.74) is 3.60. The minimum Gasteiger partial charge on any atom is -0.365 e. The summed E-state index contributed by atoms with van der Waals surface area (Å²) in [6.07, 6.45) is 3.97. The Morgan fingerprint density at radius 3 is 3.00 bits per heavy atom. The van der Waals surface area contributed by atoms with Crippen LogP contribution in [0.2, 0.25) is 0 Å². The summed E-state index contributed by atoms with van der Waals surface area (Å²) in [4.78, 5) is 20.1. The largest absolute Gasteiger partial charge is 0.365 e. The Labute approximate surface area is 116 Å². The van der Waals surface area contributed by atoms with Crippen molar-refractivity contribution in [3.05, 3.63) is 42.2 Å². The van der Waals surface area contributed by atoms with Crippen molar-refractivity contribution in [2.75, 3.05) is 5.32 Å². The van der Waals surface area contributed by atoms with Crippen LogP contribution >= 0.6 is 0 Å². The highest BCUT2D eigenvalue weighted by Gasteiger charge is 2.10. The van der Waals surface area contributed by atoms with Gasteiger partial charge in [-0.3, -0.25) is 4.98 Å². The number of aryl methyl sites for hydroxylation is 1. The number of H-pyrrole nitrogens is 1. The van der Waals surface area contributed by atoms with Gasteiger partial charge < -0.3 is 10.3 Å². The highest BCUT2D eigenvalue weighted by atomic mass is 15.1. The first-order chi connectivity index (χ1) is 9.72. The van der Waals surface area contributed by atoms with Crippen LogP contribution in [0.4, 0.5) is 5.82 Å². The number of pyridine rings is 1. The summed E-state index contributed by atoms with van der Waals surface area (Å²) in [6, 6.07) is 6.28. The summed E-state index contributed by atoms with van der Waals surface area (Å²) in [7, 11) is 0. The van der Waals surface area contributed by atoms with E-state index in [9.17, 15) is 0 Å². The third kappa shape index (κ3) is 2.59. The normalized spacial score (nSPS) is 12.5. The molecule has 102 valence electrons. The van der Waals surface area contributed by atoms with E-state index in [1.807, 2.05) is 25.1 Å². The molecule has 0 unspecified atom stereocenters. The van der Waals surface area contributed by atoms with Crippen molar-refractivity contribution in [1.29, 1.82) is 0 Å². The maximum absolute atomic E-state index is 4.51. The molecule has 0 saturated heterocycles. The van der Waals surface area contributed by atoms with Gasteiger partial charge in [0.05, 0.1) is 6.33 Å². The number of hydrogen-bond donors (Lipinski definition) is 2. The smallest absolute Gasteiger partial charge is 0.182 e. The van der Waals surface area contributed by atoms with Crippen LogP contribution in [-0.2, 0) is 6.42 Å². The Balaban J connectivity index is 1.76. The molecule has 3 aromatic heterocycles.